The van der Waals surface area contributed by atoms with Crippen LogP contribution in [0.1, 0.15) is 18.6 Å². The van der Waals surface area contributed by atoms with Crippen LogP contribution in [0, 0.1) is 5.82 Å². The lowest BCUT2D eigenvalue weighted by Gasteiger charge is -2.09. The van der Waals surface area contributed by atoms with Crippen molar-refractivity contribution in [2.75, 3.05) is 10.6 Å². The van der Waals surface area contributed by atoms with E-state index in [0.29, 0.717) is 15.8 Å². The van der Waals surface area contributed by atoms with Gasteiger partial charge in [-0.3, -0.25) is 0 Å². The van der Waals surface area contributed by atoms with E-state index in [0.717, 1.165) is 5.56 Å². The maximum atomic E-state index is 13.3. The summed E-state index contributed by atoms with van der Waals surface area (Å²) in [4.78, 5) is 11.8. The minimum Gasteiger partial charge on any atom is -0.389 e. The standard InChI is InChI=1S/C15H14BrFN2O2/c1-9(20)10-2-4-11(5-3-10)18-15(21)19-12-6-7-13(16)14(17)8-12/h2-9,20H,1H3,(H2,18,19,21). The van der Waals surface area contributed by atoms with E-state index < -0.39 is 18.0 Å². The lowest BCUT2D eigenvalue weighted by Crippen LogP contribution is -2.19. The second-order valence-corrected chi connectivity index (χ2v) is 5.36. The molecule has 2 aromatic rings. The highest BCUT2D eigenvalue weighted by Crippen LogP contribution is 2.20. The summed E-state index contributed by atoms with van der Waals surface area (Å²) in [6, 6.07) is 10.7. The number of halogens is 2. The van der Waals surface area contributed by atoms with Gasteiger partial charge in [-0.25, -0.2) is 9.18 Å². The summed E-state index contributed by atoms with van der Waals surface area (Å²) in [5.74, 6) is -0.450. The van der Waals surface area contributed by atoms with Crippen LogP contribution in [-0.4, -0.2) is 11.1 Å². The number of urea groups is 1. The normalized spacial score (nSPS) is 11.8. The molecule has 0 aliphatic heterocycles. The number of hydrogen-bond acceptors (Lipinski definition) is 2. The molecule has 0 spiro atoms. The van der Waals surface area contributed by atoms with E-state index in [2.05, 4.69) is 26.6 Å². The van der Waals surface area contributed by atoms with Crippen LogP contribution in [-0.2, 0) is 0 Å². The minimum absolute atomic E-state index is 0.335. The number of carbonyl (C=O) groups is 1. The number of benzene rings is 2. The Hall–Kier alpha value is -1.92. The van der Waals surface area contributed by atoms with E-state index in [1.807, 2.05) is 0 Å². The van der Waals surface area contributed by atoms with Crippen molar-refractivity contribution in [1.29, 1.82) is 0 Å². The lowest BCUT2D eigenvalue weighted by atomic mass is 10.1. The van der Waals surface area contributed by atoms with Gasteiger partial charge in [-0.15, -0.1) is 0 Å². The number of anilines is 2. The molecule has 0 saturated carbocycles. The van der Waals surface area contributed by atoms with Crippen LogP contribution in [0.4, 0.5) is 20.6 Å². The summed E-state index contributed by atoms with van der Waals surface area (Å²) >= 11 is 3.04. The van der Waals surface area contributed by atoms with Crippen LogP contribution in [0.2, 0.25) is 0 Å². The van der Waals surface area contributed by atoms with Crippen LogP contribution >= 0.6 is 15.9 Å². The quantitative estimate of drug-likeness (QED) is 0.771. The van der Waals surface area contributed by atoms with E-state index in [4.69, 9.17) is 0 Å². The summed E-state index contributed by atoms with van der Waals surface area (Å²) in [5.41, 5.74) is 1.69. The lowest BCUT2D eigenvalue weighted by molar-refractivity contribution is 0.199. The minimum atomic E-state index is -0.557. The van der Waals surface area contributed by atoms with Crippen LogP contribution in [0.15, 0.2) is 46.9 Å². The molecule has 0 bridgehead atoms. The maximum Gasteiger partial charge on any atom is 0.323 e. The summed E-state index contributed by atoms with van der Waals surface area (Å²) in [5, 5.41) is 14.6. The van der Waals surface area contributed by atoms with Gasteiger partial charge in [-0.1, -0.05) is 12.1 Å². The maximum absolute atomic E-state index is 13.3. The first-order valence-corrected chi connectivity index (χ1v) is 7.06. The molecule has 2 amide bonds. The fourth-order valence-electron chi connectivity index (χ4n) is 1.71. The molecule has 1 unspecified atom stereocenters. The van der Waals surface area contributed by atoms with E-state index >= 15 is 0 Å². The van der Waals surface area contributed by atoms with Crippen molar-refractivity contribution >= 4 is 33.3 Å². The molecule has 110 valence electrons. The average molecular weight is 353 g/mol. The molecule has 4 nitrogen and oxygen atoms in total. The van der Waals surface area contributed by atoms with Gasteiger partial charge in [0, 0.05) is 11.4 Å². The van der Waals surface area contributed by atoms with Crippen LogP contribution < -0.4 is 10.6 Å². The Morgan fingerprint density at radius 3 is 2.29 bits per heavy atom. The Bertz CT molecular complexity index is 645. The molecule has 0 fully saturated rings. The zero-order chi connectivity index (χ0) is 15.4. The zero-order valence-electron chi connectivity index (χ0n) is 11.2. The summed E-state index contributed by atoms with van der Waals surface area (Å²) in [7, 11) is 0. The van der Waals surface area contributed by atoms with E-state index in [9.17, 15) is 14.3 Å². The largest absolute Gasteiger partial charge is 0.389 e. The fraction of sp³-hybridized carbons (Fsp3) is 0.133. The van der Waals surface area contributed by atoms with Gasteiger partial charge in [0.25, 0.3) is 0 Å². The molecular formula is C15H14BrFN2O2. The third-order valence-corrected chi connectivity index (χ3v) is 3.47. The molecule has 2 aromatic carbocycles. The molecule has 0 aromatic heterocycles. The SMILES string of the molecule is CC(O)c1ccc(NC(=O)Nc2ccc(Br)c(F)c2)cc1. The van der Waals surface area contributed by atoms with Crippen molar-refractivity contribution in [2.24, 2.45) is 0 Å². The second kappa shape index (κ2) is 6.69. The molecule has 0 radical (unpaired) electrons. The Morgan fingerprint density at radius 2 is 1.71 bits per heavy atom. The van der Waals surface area contributed by atoms with Gasteiger partial charge >= 0.3 is 6.03 Å². The first-order valence-electron chi connectivity index (χ1n) is 6.27. The smallest absolute Gasteiger partial charge is 0.323 e. The van der Waals surface area contributed by atoms with Crippen molar-refractivity contribution in [3.63, 3.8) is 0 Å². The van der Waals surface area contributed by atoms with Crippen molar-refractivity contribution < 1.29 is 14.3 Å². The van der Waals surface area contributed by atoms with Crippen molar-refractivity contribution in [3.8, 4) is 0 Å². The molecule has 1 atom stereocenters. The van der Waals surface area contributed by atoms with Crippen LogP contribution in [0.25, 0.3) is 0 Å². The van der Waals surface area contributed by atoms with Gasteiger partial charge in [0.15, 0.2) is 0 Å². The first kappa shape index (κ1) is 15.5. The third kappa shape index (κ3) is 4.27. The highest BCUT2D eigenvalue weighted by Gasteiger charge is 2.06. The molecule has 6 heteroatoms. The molecule has 21 heavy (non-hydrogen) atoms. The third-order valence-electron chi connectivity index (χ3n) is 2.83. The van der Waals surface area contributed by atoms with Gasteiger partial charge < -0.3 is 15.7 Å². The highest BCUT2D eigenvalue weighted by atomic mass is 79.9. The summed E-state index contributed by atoms with van der Waals surface area (Å²) in [6.07, 6.45) is -0.557. The molecule has 0 heterocycles. The van der Waals surface area contributed by atoms with Gasteiger partial charge in [-0.05, 0) is 58.7 Å². The first-order chi connectivity index (χ1) is 9.95. The summed E-state index contributed by atoms with van der Waals surface area (Å²) < 4.78 is 13.7. The number of aliphatic hydroxyl groups excluding tert-OH is 1. The Labute approximate surface area is 130 Å². The Morgan fingerprint density at radius 1 is 1.14 bits per heavy atom. The van der Waals surface area contributed by atoms with Crippen molar-refractivity contribution in [1.82, 2.24) is 0 Å². The van der Waals surface area contributed by atoms with Gasteiger partial charge in [0.2, 0.25) is 0 Å². The molecule has 2 rings (SSSR count). The Kier molecular flexibility index (Phi) is 4.93. The number of amides is 2. The summed E-state index contributed by atoms with van der Waals surface area (Å²) in [6.45, 7) is 1.66. The van der Waals surface area contributed by atoms with Crippen LogP contribution in [0.3, 0.4) is 0 Å². The van der Waals surface area contributed by atoms with Gasteiger partial charge in [-0.2, -0.15) is 0 Å². The zero-order valence-corrected chi connectivity index (χ0v) is 12.8. The topological polar surface area (TPSA) is 61.4 Å². The van der Waals surface area contributed by atoms with Gasteiger partial charge in [0.05, 0.1) is 10.6 Å². The number of aliphatic hydroxyl groups is 1. The van der Waals surface area contributed by atoms with E-state index in [-0.39, 0.29) is 0 Å². The van der Waals surface area contributed by atoms with Gasteiger partial charge in [0.1, 0.15) is 5.82 Å². The van der Waals surface area contributed by atoms with Crippen molar-refractivity contribution in [3.05, 3.63) is 58.3 Å². The molecule has 0 aliphatic carbocycles. The number of hydrogen-bond donors (Lipinski definition) is 3. The van der Waals surface area contributed by atoms with Crippen molar-refractivity contribution in [2.45, 2.75) is 13.0 Å². The predicted octanol–water partition coefficient (Wildman–Crippen LogP) is 4.29. The molecule has 0 saturated heterocycles. The second-order valence-electron chi connectivity index (χ2n) is 4.51. The highest BCUT2D eigenvalue weighted by molar-refractivity contribution is 9.10. The van der Waals surface area contributed by atoms with E-state index in [1.165, 1.54) is 12.1 Å². The number of rotatable bonds is 3. The fourth-order valence-corrected chi connectivity index (χ4v) is 1.96. The predicted molar refractivity (Wildman–Crippen MR) is 83.8 cm³/mol. The molecular weight excluding hydrogens is 339 g/mol. The average Bonchev–Trinajstić information content (AvgIpc) is 2.43. The Balaban J connectivity index is 1.99. The van der Waals surface area contributed by atoms with Crippen LogP contribution in [0.5, 0.6) is 0 Å². The molecule has 0 aliphatic rings. The number of carbonyl (C=O) groups excluding carboxylic acids is 1. The van der Waals surface area contributed by atoms with E-state index in [1.54, 1.807) is 37.3 Å². The monoisotopic (exact) mass is 352 g/mol. The number of nitrogens with one attached hydrogen (secondary N) is 2. The molecule has 3 N–H and O–H groups in total.